The molecule has 0 spiro atoms. The fourth-order valence-corrected chi connectivity index (χ4v) is 4.66. The van der Waals surface area contributed by atoms with Gasteiger partial charge in [-0.1, -0.05) is 6.07 Å². The Morgan fingerprint density at radius 3 is 2.83 bits per heavy atom. The minimum atomic E-state index is -3.60. The van der Waals surface area contributed by atoms with Gasteiger partial charge in [0, 0.05) is 31.2 Å². The van der Waals surface area contributed by atoms with Crippen LogP contribution in [-0.4, -0.2) is 61.9 Å². The van der Waals surface area contributed by atoms with Crippen LogP contribution in [0.15, 0.2) is 34.7 Å². The molecular weight excluding hydrogens is 350 g/mol. The highest BCUT2D eigenvalue weighted by Crippen LogP contribution is 2.19. The van der Waals surface area contributed by atoms with E-state index < -0.39 is 10.0 Å². The predicted molar refractivity (Wildman–Crippen MR) is 90.5 cm³/mol. The van der Waals surface area contributed by atoms with Gasteiger partial charge in [-0.25, -0.2) is 8.42 Å². The van der Waals surface area contributed by atoms with Gasteiger partial charge in [0.25, 0.3) is 5.91 Å². The minimum absolute atomic E-state index is 0.109. The van der Waals surface area contributed by atoms with E-state index in [1.165, 1.54) is 16.6 Å². The first kappa shape index (κ1) is 17.2. The highest BCUT2D eigenvalue weighted by atomic mass is 32.2. The van der Waals surface area contributed by atoms with E-state index in [1.807, 2.05) is 17.5 Å². The van der Waals surface area contributed by atoms with Crippen LogP contribution in [0.4, 0.5) is 0 Å². The Bertz CT molecular complexity index is 793. The first-order valence-electron chi connectivity index (χ1n) is 7.52. The second-order valence-electron chi connectivity index (χ2n) is 5.51. The number of carbonyl (C=O) groups is 1. The Labute approximate surface area is 144 Å². The second kappa shape index (κ2) is 7.06. The standard InChI is InChI=1S/C15H19N3O4S2/c1-17(11-12-3-2-8-23-12)15(19)14-9-13(10-16-14)24(20,21)18-4-6-22-7-5-18/h2-3,8-10,16H,4-7,11H2,1H3. The van der Waals surface area contributed by atoms with Crippen LogP contribution < -0.4 is 0 Å². The summed E-state index contributed by atoms with van der Waals surface area (Å²) in [6, 6.07) is 5.29. The van der Waals surface area contributed by atoms with Gasteiger partial charge in [-0.3, -0.25) is 4.79 Å². The maximum Gasteiger partial charge on any atom is 0.270 e. The molecule has 9 heteroatoms. The summed E-state index contributed by atoms with van der Waals surface area (Å²) in [7, 11) is -1.90. The molecule has 0 bridgehead atoms. The normalized spacial score (nSPS) is 16.2. The van der Waals surface area contributed by atoms with Gasteiger partial charge in [0.15, 0.2) is 0 Å². The average molecular weight is 369 g/mol. The number of aromatic amines is 1. The number of aromatic nitrogens is 1. The summed E-state index contributed by atoms with van der Waals surface area (Å²) in [5.41, 5.74) is 0.265. The van der Waals surface area contributed by atoms with Crippen molar-refractivity contribution in [2.75, 3.05) is 33.4 Å². The molecule has 0 aliphatic carbocycles. The van der Waals surface area contributed by atoms with Gasteiger partial charge in [0.1, 0.15) is 10.6 Å². The molecule has 0 saturated carbocycles. The first-order chi connectivity index (χ1) is 11.5. The van der Waals surface area contributed by atoms with Gasteiger partial charge in [0.05, 0.1) is 19.8 Å². The number of thiophene rings is 1. The molecule has 0 aromatic carbocycles. The van der Waals surface area contributed by atoms with Crippen LogP contribution in [0, 0.1) is 0 Å². The first-order valence-corrected chi connectivity index (χ1v) is 9.84. The highest BCUT2D eigenvalue weighted by molar-refractivity contribution is 7.89. The number of nitrogens with zero attached hydrogens (tertiary/aromatic N) is 2. The second-order valence-corrected chi connectivity index (χ2v) is 8.48. The number of hydrogen-bond donors (Lipinski definition) is 1. The summed E-state index contributed by atoms with van der Waals surface area (Å²) < 4.78 is 31.7. The molecule has 0 radical (unpaired) electrons. The van der Waals surface area contributed by atoms with Crippen LogP contribution in [0.25, 0.3) is 0 Å². The quantitative estimate of drug-likeness (QED) is 0.863. The number of rotatable bonds is 5. The Kier molecular flexibility index (Phi) is 5.04. The Morgan fingerprint density at radius 1 is 1.42 bits per heavy atom. The zero-order valence-corrected chi connectivity index (χ0v) is 14.9. The van der Waals surface area contributed by atoms with Crippen molar-refractivity contribution in [2.24, 2.45) is 0 Å². The zero-order valence-electron chi connectivity index (χ0n) is 13.3. The van der Waals surface area contributed by atoms with Gasteiger partial charge in [-0.2, -0.15) is 4.31 Å². The molecule has 0 unspecified atom stereocenters. The number of carbonyl (C=O) groups excluding carboxylic acids is 1. The minimum Gasteiger partial charge on any atom is -0.379 e. The van der Waals surface area contributed by atoms with Crippen LogP contribution in [0.5, 0.6) is 0 Å². The van der Waals surface area contributed by atoms with Crippen LogP contribution >= 0.6 is 11.3 Å². The highest BCUT2D eigenvalue weighted by Gasteiger charge is 2.28. The Morgan fingerprint density at radius 2 is 2.17 bits per heavy atom. The van der Waals surface area contributed by atoms with Crippen molar-refractivity contribution in [2.45, 2.75) is 11.4 Å². The van der Waals surface area contributed by atoms with Crippen molar-refractivity contribution in [3.05, 3.63) is 40.3 Å². The molecule has 0 atom stereocenters. The van der Waals surface area contributed by atoms with Crippen LogP contribution in [-0.2, 0) is 21.3 Å². The monoisotopic (exact) mass is 369 g/mol. The molecule has 2 aromatic heterocycles. The fourth-order valence-electron chi connectivity index (χ4n) is 2.50. The molecule has 130 valence electrons. The Hall–Kier alpha value is -1.68. The summed E-state index contributed by atoms with van der Waals surface area (Å²) in [5, 5.41) is 1.95. The molecule has 1 saturated heterocycles. The molecule has 1 amide bonds. The topological polar surface area (TPSA) is 82.7 Å². The number of H-pyrrole nitrogens is 1. The Balaban J connectivity index is 1.73. The molecule has 1 aliphatic heterocycles. The summed E-state index contributed by atoms with van der Waals surface area (Å²) in [5.74, 6) is -0.244. The summed E-state index contributed by atoms with van der Waals surface area (Å²) in [6.07, 6.45) is 1.37. The van der Waals surface area contributed by atoms with Crippen molar-refractivity contribution >= 4 is 27.3 Å². The van der Waals surface area contributed by atoms with Gasteiger partial charge in [-0.15, -0.1) is 11.3 Å². The zero-order chi connectivity index (χ0) is 17.2. The average Bonchev–Trinajstić information content (AvgIpc) is 3.26. The third kappa shape index (κ3) is 3.54. The maximum atomic E-state index is 12.6. The third-order valence-electron chi connectivity index (χ3n) is 3.81. The van der Waals surface area contributed by atoms with E-state index in [4.69, 9.17) is 4.74 Å². The molecule has 1 aliphatic rings. The number of nitrogens with one attached hydrogen (secondary N) is 1. The van der Waals surface area contributed by atoms with E-state index in [0.29, 0.717) is 32.8 Å². The van der Waals surface area contributed by atoms with Crippen LogP contribution in [0.2, 0.25) is 0 Å². The van der Waals surface area contributed by atoms with Crippen molar-refractivity contribution in [1.82, 2.24) is 14.2 Å². The van der Waals surface area contributed by atoms with Crippen molar-refractivity contribution in [1.29, 1.82) is 0 Å². The maximum absolute atomic E-state index is 12.6. The van der Waals surface area contributed by atoms with Crippen LogP contribution in [0.3, 0.4) is 0 Å². The SMILES string of the molecule is CN(Cc1cccs1)C(=O)c1cc(S(=O)(=O)N2CCOCC2)c[nH]1. The van der Waals surface area contributed by atoms with Gasteiger partial charge in [-0.05, 0) is 17.5 Å². The smallest absolute Gasteiger partial charge is 0.270 e. The van der Waals surface area contributed by atoms with Gasteiger partial charge < -0.3 is 14.6 Å². The fraction of sp³-hybridized carbons (Fsp3) is 0.400. The van der Waals surface area contributed by atoms with E-state index in [9.17, 15) is 13.2 Å². The number of sulfonamides is 1. The number of morpholine rings is 1. The molecule has 24 heavy (non-hydrogen) atoms. The van der Waals surface area contributed by atoms with E-state index >= 15 is 0 Å². The molecule has 3 rings (SSSR count). The number of hydrogen-bond acceptors (Lipinski definition) is 5. The van der Waals surface area contributed by atoms with E-state index in [1.54, 1.807) is 23.3 Å². The molecule has 1 fully saturated rings. The lowest BCUT2D eigenvalue weighted by Gasteiger charge is -2.25. The summed E-state index contributed by atoms with van der Waals surface area (Å²) >= 11 is 1.57. The summed E-state index contributed by atoms with van der Waals surface area (Å²) in [6.45, 7) is 1.92. The van der Waals surface area contributed by atoms with Gasteiger partial charge in [0.2, 0.25) is 10.0 Å². The van der Waals surface area contributed by atoms with Crippen LogP contribution in [0.1, 0.15) is 15.4 Å². The van der Waals surface area contributed by atoms with E-state index in [0.717, 1.165) is 4.88 Å². The van der Waals surface area contributed by atoms with E-state index in [2.05, 4.69) is 4.98 Å². The molecule has 1 N–H and O–H groups in total. The predicted octanol–water partition coefficient (Wildman–Crippen LogP) is 1.37. The molecular formula is C15H19N3O4S2. The largest absolute Gasteiger partial charge is 0.379 e. The molecule has 3 heterocycles. The van der Waals surface area contributed by atoms with Gasteiger partial charge >= 0.3 is 0 Å². The van der Waals surface area contributed by atoms with Crippen molar-refractivity contribution in [3.63, 3.8) is 0 Å². The molecule has 7 nitrogen and oxygen atoms in total. The van der Waals surface area contributed by atoms with Crippen molar-refractivity contribution < 1.29 is 17.9 Å². The lowest BCUT2D eigenvalue weighted by atomic mass is 10.3. The van der Waals surface area contributed by atoms with Crippen molar-refractivity contribution in [3.8, 4) is 0 Å². The lowest BCUT2D eigenvalue weighted by molar-refractivity contribution is 0.0730. The summed E-state index contributed by atoms with van der Waals surface area (Å²) in [4.78, 5) is 18.0. The lowest BCUT2D eigenvalue weighted by Crippen LogP contribution is -2.40. The number of ether oxygens (including phenoxy) is 1. The number of amides is 1. The molecule has 2 aromatic rings. The third-order valence-corrected chi connectivity index (χ3v) is 6.55. The van der Waals surface area contributed by atoms with E-state index in [-0.39, 0.29) is 16.5 Å².